The number of carbonyl (C=O) groups is 3. The molecule has 0 heterocycles. The van der Waals surface area contributed by atoms with E-state index in [9.17, 15) is 18.8 Å². The molecule has 0 aliphatic heterocycles. The van der Waals surface area contributed by atoms with E-state index < -0.39 is 23.7 Å². The number of hydrogen-bond donors (Lipinski definition) is 3. The summed E-state index contributed by atoms with van der Waals surface area (Å²) >= 11 is 5.66. The van der Waals surface area contributed by atoms with Crippen molar-refractivity contribution in [3.63, 3.8) is 0 Å². The van der Waals surface area contributed by atoms with Crippen molar-refractivity contribution in [3.05, 3.63) is 29.0 Å². The number of nitrogens with one attached hydrogen (secondary N) is 2. The maximum absolute atomic E-state index is 13.3. The highest BCUT2D eigenvalue weighted by Crippen LogP contribution is 2.19. The minimum absolute atomic E-state index is 0.0126. The number of imide groups is 1. The van der Waals surface area contributed by atoms with Crippen LogP contribution in [0.25, 0.3) is 0 Å². The molecule has 6 nitrogen and oxygen atoms in total. The second-order valence-corrected chi connectivity index (χ2v) is 4.66. The highest BCUT2D eigenvalue weighted by Gasteiger charge is 2.11. The fourth-order valence-corrected chi connectivity index (χ4v) is 1.67. The number of benzene rings is 1. The van der Waals surface area contributed by atoms with Gasteiger partial charge in [-0.3, -0.25) is 14.9 Å². The van der Waals surface area contributed by atoms with Crippen molar-refractivity contribution in [3.8, 4) is 0 Å². The van der Waals surface area contributed by atoms with Crippen LogP contribution >= 0.6 is 11.6 Å². The molecular formula is C13H14ClFN2O4. The number of carboxylic acid groups (broad SMARTS) is 1. The van der Waals surface area contributed by atoms with Crippen molar-refractivity contribution >= 4 is 35.2 Å². The molecule has 8 heteroatoms. The van der Waals surface area contributed by atoms with Gasteiger partial charge in [-0.2, -0.15) is 0 Å². The number of anilines is 1. The topological polar surface area (TPSA) is 95.5 Å². The second kappa shape index (κ2) is 8.21. The summed E-state index contributed by atoms with van der Waals surface area (Å²) in [7, 11) is 0. The minimum atomic E-state index is -0.940. The lowest BCUT2D eigenvalue weighted by atomic mass is 10.2. The molecule has 114 valence electrons. The first-order valence-corrected chi connectivity index (χ1v) is 6.54. The van der Waals surface area contributed by atoms with Crippen molar-refractivity contribution in [1.29, 1.82) is 0 Å². The molecule has 0 saturated carbocycles. The summed E-state index contributed by atoms with van der Waals surface area (Å²) in [6.45, 7) is 0. The van der Waals surface area contributed by atoms with E-state index in [2.05, 4.69) is 5.32 Å². The van der Waals surface area contributed by atoms with E-state index in [1.807, 2.05) is 5.32 Å². The van der Waals surface area contributed by atoms with E-state index in [-0.39, 0.29) is 23.6 Å². The second-order valence-electron chi connectivity index (χ2n) is 4.23. The zero-order valence-corrected chi connectivity index (χ0v) is 11.7. The Bertz CT molecular complexity index is 551. The Kier molecular flexibility index (Phi) is 6.61. The molecule has 0 aliphatic rings. The summed E-state index contributed by atoms with van der Waals surface area (Å²) < 4.78 is 13.3. The van der Waals surface area contributed by atoms with Crippen LogP contribution in [0.1, 0.15) is 25.7 Å². The standard InChI is InChI=1S/C13H14ClFN2O4/c14-8-5-6-9(15)10(7-8)16-13(21)17-11(18)3-1-2-4-12(19)20/h5-7H,1-4H2,(H,19,20)(H2,16,17,18,21). The fraction of sp³-hybridized carbons (Fsp3) is 0.308. The third kappa shape index (κ3) is 6.71. The fourth-order valence-electron chi connectivity index (χ4n) is 1.50. The smallest absolute Gasteiger partial charge is 0.325 e. The highest BCUT2D eigenvalue weighted by atomic mass is 35.5. The van der Waals surface area contributed by atoms with Crippen LogP contribution in [0, 0.1) is 5.82 Å². The van der Waals surface area contributed by atoms with Gasteiger partial charge in [0.15, 0.2) is 0 Å². The van der Waals surface area contributed by atoms with Crippen LogP contribution in [-0.4, -0.2) is 23.0 Å². The zero-order valence-electron chi connectivity index (χ0n) is 11.0. The average Bonchev–Trinajstić information content (AvgIpc) is 2.38. The normalized spacial score (nSPS) is 10.0. The number of unbranched alkanes of at least 4 members (excludes halogenated alkanes) is 1. The molecule has 21 heavy (non-hydrogen) atoms. The molecule has 0 spiro atoms. The summed E-state index contributed by atoms with van der Waals surface area (Å²) in [4.78, 5) is 33.2. The molecule has 0 aromatic heterocycles. The molecule has 1 aromatic rings. The maximum atomic E-state index is 13.3. The van der Waals surface area contributed by atoms with Gasteiger partial charge in [0.2, 0.25) is 5.91 Å². The number of rotatable bonds is 6. The summed E-state index contributed by atoms with van der Waals surface area (Å²) in [5.74, 6) is -2.19. The van der Waals surface area contributed by atoms with Crippen molar-refractivity contribution in [1.82, 2.24) is 5.32 Å². The van der Waals surface area contributed by atoms with Gasteiger partial charge >= 0.3 is 12.0 Å². The first-order chi connectivity index (χ1) is 9.88. The van der Waals surface area contributed by atoms with Gasteiger partial charge in [-0.05, 0) is 31.0 Å². The first kappa shape index (κ1) is 16.9. The Morgan fingerprint density at radius 1 is 1.19 bits per heavy atom. The summed E-state index contributed by atoms with van der Waals surface area (Å²) in [6, 6.07) is 2.76. The molecule has 0 saturated heterocycles. The number of carboxylic acids is 1. The van der Waals surface area contributed by atoms with E-state index in [0.717, 1.165) is 6.07 Å². The van der Waals surface area contributed by atoms with Crippen molar-refractivity contribution < 1.29 is 23.9 Å². The number of urea groups is 1. The lowest BCUT2D eigenvalue weighted by Crippen LogP contribution is -2.34. The van der Waals surface area contributed by atoms with Gasteiger partial charge in [-0.1, -0.05) is 11.6 Å². The lowest BCUT2D eigenvalue weighted by Gasteiger charge is -2.07. The van der Waals surface area contributed by atoms with Gasteiger partial charge < -0.3 is 10.4 Å². The average molecular weight is 317 g/mol. The van der Waals surface area contributed by atoms with E-state index >= 15 is 0 Å². The third-order valence-electron chi connectivity index (χ3n) is 2.47. The number of amides is 3. The van der Waals surface area contributed by atoms with E-state index in [4.69, 9.17) is 16.7 Å². The van der Waals surface area contributed by atoms with Gasteiger partial charge in [-0.25, -0.2) is 9.18 Å². The van der Waals surface area contributed by atoms with Crippen molar-refractivity contribution in [2.45, 2.75) is 25.7 Å². The highest BCUT2D eigenvalue weighted by molar-refractivity contribution is 6.30. The SMILES string of the molecule is O=C(O)CCCCC(=O)NC(=O)Nc1cc(Cl)ccc1F. The van der Waals surface area contributed by atoms with Crippen LogP contribution in [0.3, 0.4) is 0 Å². The quantitative estimate of drug-likeness (QED) is 0.703. The van der Waals surface area contributed by atoms with Crippen LogP contribution in [0.4, 0.5) is 14.9 Å². The summed E-state index contributed by atoms with van der Waals surface area (Å²) in [5.41, 5.74) is -0.140. The van der Waals surface area contributed by atoms with Crippen LogP contribution in [-0.2, 0) is 9.59 Å². The van der Waals surface area contributed by atoms with Gasteiger partial charge in [0.05, 0.1) is 5.69 Å². The number of aliphatic carboxylic acids is 1. The molecule has 1 rings (SSSR count). The van der Waals surface area contributed by atoms with E-state index in [1.54, 1.807) is 0 Å². The molecule has 3 N–H and O–H groups in total. The molecule has 0 bridgehead atoms. The Hall–Kier alpha value is -2.15. The molecule has 0 atom stereocenters. The first-order valence-electron chi connectivity index (χ1n) is 6.16. The molecule has 0 fully saturated rings. The molecule has 0 aliphatic carbocycles. The Labute approximate surface area is 125 Å². The van der Waals surface area contributed by atoms with Crippen LogP contribution in [0.15, 0.2) is 18.2 Å². The van der Waals surface area contributed by atoms with Crippen LogP contribution in [0.2, 0.25) is 5.02 Å². The van der Waals surface area contributed by atoms with Gasteiger partial charge in [0.1, 0.15) is 5.82 Å². The minimum Gasteiger partial charge on any atom is -0.481 e. The maximum Gasteiger partial charge on any atom is 0.325 e. The third-order valence-corrected chi connectivity index (χ3v) is 2.71. The van der Waals surface area contributed by atoms with Crippen LogP contribution < -0.4 is 10.6 Å². The number of carbonyl (C=O) groups excluding carboxylic acids is 2. The van der Waals surface area contributed by atoms with Gasteiger partial charge in [-0.15, -0.1) is 0 Å². The van der Waals surface area contributed by atoms with E-state index in [0.29, 0.717) is 12.8 Å². The molecule has 0 radical (unpaired) electrons. The molecule has 1 aromatic carbocycles. The molecule has 0 unspecified atom stereocenters. The predicted octanol–water partition coefficient (Wildman–Crippen LogP) is 2.77. The Morgan fingerprint density at radius 3 is 2.52 bits per heavy atom. The summed E-state index contributed by atoms with van der Waals surface area (Å²) in [5, 5.41) is 12.9. The van der Waals surface area contributed by atoms with Crippen molar-refractivity contribution in [2.75, 3.05) is 5.32 Å². The Morgan fingerprint density at radius 2 is 1.86 bits per heavy atom. The van der Waals surface area contributed by atoms with E-state index in [1.165, 1.54) is 12.1 Å². The Balaban J connectivity index is 2.37. The number of halogens is 2. The van der Waals surface area contributed by atoms with Crippen LogP contribution in [0.5, 0.6) is 0 Å². The van der Waals surface area contributed by atoms with Crippen molar-refractivity contribution in [2.24, 2.45) is 0 Å². The molecule has 3 amide bonds. The lowest BCUT2D eigenvalue weighted by molar-refractivity contribution is -0.137. The predicted molar refractivity (Wildman–Crippen MR) is 74.7 cm³/mol. The van der Waals surface area contributed by atoms with Gasteiger partial charge in [0, 0.05) is 17.9 Å². The monoisotopic (exact) mass is 316 g/mol. The number of hydrogen-bond acceptors (Lipinski definition) is 3. The molecular weight excluding hydrogens is 303 g/mol. The van der Waals surface area contributed by atoms with Gasteiger partial charge in [0.25, 0.3) is 0 Å². The summed E-state index contributed by atoms with van der Waals surface area (Å²) in [6.07, 6.45) is 0.663. The largest absolute Gasteiger partial charge is 0.481 e. The zero-order chi connectivity index (χ0) is 15.8.